The second-order valence-corrected chi connectivity index (χ2v) is 4.20. The molecule has 96 valence electrons. The van der Waals surface area contributed by atoms with Crippen molar-refractivity contribution in [1.29, 1.82) is 0 Å². The number of carboxylic acids is 1. The van der Waals surface area contributed by atoms with Crippen LogP contribution in [0.1, 0.15) is 12.8 Å². The predicted octanol–water partition coefficient (Wildman–Crippen LogP) is 2.58. The summed E-state index contributed by atoms with van der Waals surface area (Å²) < 4.78 is 27.1. The van der Waals surface area contributed by atoms with Crippen molar-refractivity contribution in [2.45, 2.75) is 12.8 Å². The number of aliphatic carboxylic acids is 1. The minimum absolute atomic E-state index is 0.0214. The molecule has 0 radical (unpaired) electrons. The van der Waals surface area contributed by atoms with Crippen LogP contribution in [0.2, 0.25) is 0 Å². The van der Waals surface area contributed by atoms with Crippen LogP contribution in [0.25, 0.3) is 0 Å². The summed E-state index contributed by atoms with van der Waals surface area (Å²) in [5.74, 6) is -2.14. The Kier molecular flexibility index (Phi) is 3.60. The van der Waals surface area contributed by atoms with Crippen molar-refractivity contribution < 1.29 is 18.7 Å². The molecule has 1 N–H and O–H groups in total. The summed E-state index contributed by atoms with van der Waals surface area (Å²) in [6.07, 6.45) is 2.20. The molecule has 1 aromatic carbocycles. The highest BCUT2D eigenvalue weighted by molar-refractivity contribution is 5.80. The molecule has 1 saturated heterocycles. The number of rotatable bonds is 2. The first kappa shape index (κ1) is 12.5. The molecule has 18 heavy (non-hydrogen) atoms. The van der Waals surface area contributed by atoms with Gasteiger partial charge in [-0.1, -0.05) is 11.6 Å². The topological polar surface area (TPSA) is 40.5 Å². The van der Waals surface area contributed by atoms with Gasteiger partial charge in [-0.3, -0.25) is 0 Å². The van der Waals surface area contributed by atoms with Crippen molar-refractivity contribution in [3.05, 3.63) is 41.5 Å². The van der Waals surface area contributed by atoms with Gasteiger partial charge < -0.3 is 10.0 Å². The zero-order valence-electron chi connectivity index (χ0n) is 9.70. The van der Waals surface area contributed by atoms with Crippen molar-refractivity contribution in [3.8, 4) is 0 Å². The number of carbonyl (C=O) groups is 1. The van der Waals surface area contributed by atoms with Crippen LogP contribution >= 0.6 is 0 Å². The van der Waals surface area contributed by atoms with Crippen molar-refractivity contribution in [3.63, 3.8) is 0 Å². The maximum Gasteiger partial charge on any atom is 0.328 e. The highest BCUT2D eigenvalue weighted by Crippen LogP contribution is 2.27. The van der Waals surface area contributed by atoms with E-state index in [1.165, 1.54) is 24.3 Å². The van der Waals surface area contributed by atoms with Gasteiger partial charge in [0.2, 0.25) is 0 Å². The normalized spacial score (nSPS) is 15.7. The van der Waals surface area contributed by atoms with Gasteiger partial charge in [0.05, 0.1) is 0 Å². The van der Waals surface area contributed by atoms with Gasteiger partial charge in [0.15, 0.2) is 0 Å². The Balaban J connectivity index is 2.13. The van der Waals surface area contributed by atoms with E-state index >= 15 is 0 Å². The molecule has 0 amide bonds. The van der Waals surface area contributed by atoms with E-state index in [9.17, 15) is 13.6 Å². The largest absolute Gasteiger partial charge is 0.478 e. The lowest BCUT2D eigenvalue weighted by Crippen LogP contribution is -2.32. The molecule has 0 aromatic heterocycles. The number of halogens is 2. The fourth-order valence-electron chi connectivity index (χ4n) is 2.13. The van der Waals surface area contributed by atoms with Crippen LogP contribution in [0.4, 0.5) is 14.5 Å². The number of piperidine rings is 1. The van der Waals surface area contributed by atoms with Crippen LogP contribution in [0.5, 0.6) is 0 Å². The van der Waals surface area contributed by atoms with Crippen LogP contribution in [0, 0.1) is 11.6 Å². The maximum absolute atomic E-state index is 13.6. The Morgan fingerprint density at radius 1 is 1.22 bits per heavy atom. The summed E-state index contributed by atoms with van der Waals surface area (Å²) in [6.45, 7) is 0.855. The fourth-order valence-corrected chi connectivity index (χ4v) is 2.13. The molecular formula is C13H13F2NO2. The van der Waals surface area contributed by atoms with Crippen LogP contribution in [0.15, 0.2) is 29.8 Å². The Morgan fingerprint density at radius 2 is 1.78 bits per heavy atom. The summed E-state index contributed by atoms with van der Waals surface area (Å²) >= 11 is 0. The van der Waals surface area contributed by atoms with Crippen LogP contribution in [-0.4, -0.2) is 24.2 Å². The van der Waals surface area contributed by atoms with Crippen molar-refractivity contribution in [2.75, 3.05) is 18.0 Å². The van der Waals surface area contributed by atoms with Crippen LogP contribution in [-0.2, 0) is 4.79 Å². The minimum Gasteiger partial charge on any atom is -0.478 e. The standard InChI is InChI=1S/C13H13F2NO2/c14-10-2-1-3-11(15)13(10)16-6-4-9(5-7-16)8-12(17)18/h1-3,8H,4-7H2,(H,17,18). The molecule has 1 heterocycles. The Morgan fingerprint density at radius 3 is 2.28 bits per heavy atom. The van der Waals surface area contributed by atoms with E-state index in [2.05, 4.69) is 0 Å². The number of hydrogen-bond acceptors (Lipinski definition) is 2. The van der Waals surface area contributed by atoms with Crippen LogP contribution < -0.4 is 4.90 Å². The highest BCUT2D eigenvalue weighted by Gasteiger charge is 2.20. The highest BCUT2D eigenvalue weighted by atomic mass is 19.1. The lowest BCUT2D eigenvalue weighted by atomic mass is 10.0. The lowest BCUT2D eigenvalue weighted by Gasteiger charge is -2.30. The van der Waals surface area contributed by atoms with Gasteiger partial charge >= 0.3 is 5.97 Å². The second kappa shape index (κ2) is 5.16. The summed E-state index contributed by atoms with van der Waals surface area (Å²) in [5, 5.41) is 8.63. The van der Waals surface area contributed by atoms with Gasteiger partial charge in [0, 0.05) is 19.2 Å². The van der Waals surface area contributed by atoms with E-state index in [0.717, 1.165) is 5.57 Å². The summed E-state index contributed by atoms with van der Waals surface area (Å²) in [6, 6.07) is 3.77. The molecule has 0 saturated carbocycles. The number of hydrogen-bond donors (Lipinski definition) is 1. The molecule has 1 aliphatic heterocycles. The second-order valence-electron chi connectivity index (χ2n) is 4.20. The number of carboxylic acid groups (broad SMARTS) is 1. The molecule has 1 aromatic rings. The Labute approximate surface area is 103 Å². The van der Waals surface area contributed by atoms with Crippen molar-refractivity contribution in [1.82, 2.24) is 0 Å². The van der Waals surface area contributed by atoms with Crippen molar-refractivity contribution >= 4 is 11.7 Å². The van der Waals surface area contributed by atoms with Gasteiger partial charge in [-0.2, -0.15) is 0 Å². The first-order chi connectivity index (χ1) is 8.58. The van der Waals surface area contributed by atoms with Gasteiger partial charge in [-0.15, -0.1) is 0 Å². The molecule has 3 nitrogen and oxygen atoms in total. The quantitative estimate of drug-likeness (QED) is 0.823. The van der Waals surface area contributed by atoms with E-state index in [0.29, 0.717) is 25.9 Å². The number of anilines is 1. The zero-order valence-corrected chi connectivity index (χ0v) is 9.70. The third kappa shape index (κ3) is 2.67. The Hall–Kier alpha value is -1.91. The van der Waals surface area contributed by atoms with E-state index in [1.54, 1.807) is 4.90 Å². The fraction of sp³-hybridized carbons (Fsp3) is 0.308. The molecule has 0 aliphatic carbocycles. The third-order valence-corrected chi connectivity index (χ3v) is 2.99. The van der Waals surface area contributed by atoms with Gasteiger partial charge in [-0.05, 0) is 25.0 Å². The molecule has 0 bridgehead atoms. The van der Waals surface area contributed by atoms with Gasteiger partial charge in [0.25, 0.3) is 0 Å². The average molecular weight is 253 g/mol. The molecule has 0 spiro atoms. The predicted molar refractivity (Wildman–Crippen MR) is 63.5 cm³/mol. The Bertz CT molecular complexity index is 470. The monoisotopic (exact) mass is 253 g/mol. The van der Waals surface area contributed by atoms with Crippen LogP contribution in [0.3, 0.4) is 0 Å². The number of nitrogens with zero attached hydrogens (tertiary/aromatic N) is 1. The first-order valence-electron chi connectivity index (χ1n) is 5.69. The average Bonchev–Trinajstić information content (AvgIpc) is 2.30. The summed E-state index contributed by atoms with van der Waals surface area (Å²) in [4.78, 5) is 12.1. The van der Waals surface area contributed by atoms with Crippen molar-refractivity contribution in [2.24, 2.45) is 0 Å². The minimum atomic E-state index is -0.976. The van der Waals surface area contributed by atoms with E-state index in [-0.39, 0.29) is 5.69 Å². The molecular weight excluding hydrogens is 240 g/mol. The molecule has 1 fully saturated rings. The first-order valence-corrected chi connectivity index (χ1v) is 5.69. The summed E-state index contributed by atoms with van der Waals surface area (Å²) in [5.41, 5.74) is 0.780. The van der Waals surface area contributed by atoms with Gasteiger partial charge in [0.1, 0.15) is 17.3 Å². The molecule has 0 unspecified atom stereocenters. The smallest absolute Gasteiger partial charge is 0.328 e. The molecule has 2 rings (SSSR count). The maximum atomic E-state index is 13.6. The molecule has 5 heteroatoms. The third-order valence-electron chi connectivity index (χ3n) is 2.99. The molecule has 1 aliphatic rings. The molecule has 0 atom stereocenters. The SMILES string of the molecule is O=C(O)C=C1CCN(c2c(F)cccc2F)CC1. The van der Waals surface area contributed by atoms with Gasteiger partial charge in [-0.25, -0.2) is 13.6 Å². The zero-order chi connectivity index (χ0) is 13.1. The number of benzene rings is 1. The summed E-state index contributed by atoms with van der Waals surface area (Å²) in [7, 11) is 0. The van der Waals surface area contributed by atoms with E-state index < -0.39 is 17.6 Å². The lowest BCUT2D eigenvalue weighted by molar-refractivity contribution is -0.131. The van der Waals surface area contributed by atoms with E-state index in [4.69, 9.17) is 5.11 Å². The number of para-hydroxylation sites is 1. The van der Waals surface area contributed by atoms with E-state index in [1.807, 2.05) is 0 Å².